The lowest BCUT2D eigenvalue weighted by atomic mass is 9.97. The monoisotopic (exact) mass is 250 g/mol. The molecule has 1 aliphatic carbocycles. The maximum absolute atomic E-state index is 10.5. The molecule has 0 radical (unpaired) electrons. The van der Waals surface area contributed by atoms with Crippen molar-refractivity contribution in [2.75, 3.05) is 32.1 Å². The van der Waals surface area contributed by atoms with Gasteiger partial charge >= 0.3 is 0 Å². The van der Waals surface area contributed by atoms with Gasteiger partial charge in [0.05, 0.1) is 18.4 Å². The summed E-state index contributed by atoms with van der Waals surface area (Å²) in [5.41, 5.74) is 5.93. The lowest BCUT2D eigenvalue weighted by molar-refractivity contribution is 0.0343. The zero-order valence-corrected chi connectivity index (χ0v) is 11.1. The van der Waals surface area contributed by atoms with Gasteiger partial charge in [-0.1, -0.05) is 12.1 Å². The van der Waals surface area contributed by atoms with E-state index in [0.29, 0.717) is 19.0 Å². The second-order valence-electron chi connectivity index (χ2n) is 5.11. The minimum atomic E-state index is -0.782. The van der Waals surface area contributed by atoms with Crippen LogP contribution in [0.4, 0.5) is 5.69 Å². The SMILES string of the molecule is COc1ccccc1N(C)CC(O)(CN)C1CC1. The van der Waals surface area contributed by atoms with Crippen molar-refractivity contribution < 1.29 is 9.84 Å². The molecule has 1 aromatic rings. The van der Waals surface area contributed by atoms with Crippen LogP contribution in [0.1, 0.15) is 12.8 Å². The van der Waals surface area contributed by atoms with Gasteiger partial charge in [-0.25, -0.2) is 0 Å². The number of benzene rings is 1. The standard InChI is InChI=1S/C14H22N2O2/c1-16(10-14(17,9-15)11-7-8-11)12-5-3-4-6-13(12)18-2/h3-6,11,17H,7-10,15H2,1-2H3. The number of nitrogens with zero attached hydrogens (tertiary/aromatic N) is 1. The first kappa shape index (κ1) is 13.2. The van der Waals surface area contributed by atoms with E-state index in [1.165, 1.54) is 0 Å². The molecule has 1 fully saturated rings. The van der Waals surface area contributed by atoms with Crippen molar-refractivity contribution in [3.8, 4) is 5.75 Å². The molecular weight excluding hydrogens is 228 g/mol. The van der Waals surface area contributed by atoms with Crippen LogP contribution in [0.3, 0.4) is 0 Å². The molecule has 0 amide bonds. The molecule has 1 atom stereocenters. The van der Waals surface area contributed by atoms with E-state index >= 15 is 0 Å². The van der Waals surface area contributed by atoms with Gasteiger partial charge in [0, 0.05) is 20.1 Å². The molecule has 1 aliphatic rings. The third kappa shape index (κ3) is 2.60. The molecule has 3 N–H and O–H groups in total. The summed E-state index contributed by atoms with van der Waals surface area (Å²) in [6.07, 6.45) is 2.15. The average molecular weight is 250 g/mol. The van der Waals surface area contributed by atoms with Crippen LogP contribution >= 0.6 is 0 Å². The van der Waals surface area contributed by atoms with Gasteiger partial charge < -0.3 is 20.5 Å². The number of hydrogen-bond acceptors (Lipinski definition) is 4. The Morgan fingerprint density at radius 2 is 2.11 bits per heavy atom. The topological polar surface area (TPSA) is 58.7 Å². The van der Waals surface area contributed by atoms with Gasteiger partial charge in [-0.2, -0.15) is 0 Å². The van der Waals surface area contributed by atoms with Gasteiger partial charge in [-0.15, -0.1) is 0 Å². The largest absolute Gasteiger partial charge is 0.495 e. The third-order valence-corrected chi connectivity index (χ3v) is 3.70. The fraction of sp³-hybridized carbons (Fsp3) is 0.571. The average Bonchev–Trinajstić information content (AvgIpc) is 3.23. The summed E-state index contributed by atoms with van der Waals surface area (Å²) in [6.45, 7) is 0.839. The second kappa shape index (κ2) is 5.16. The number of aliphatic hydroxyl groups is 1. The molecule has 4 nitrogen and oxygen atoms in total. The number of rotatable bonds is 6. The van der Waals surface area contributed by atoms with Gasteiger partial charge in [-0.05, 0) is 30.9 Å². The van der Waals surface area contributed by atoms with E-state index in [2.05, 4.69) is 0 Å². The zero-order chi connectivity index (χ0) is 13.2. The Hall–Kier alpha value is -1.26. The van der Waals surface area contributed by atoms with Crippen LogP contribution in [0.15, 0.2) is 24.3 Å². The Bertz CT molecular complexity index is 407. The van der Waals surface area contributed by atoms with Crippen LogP contribution in [-0.2, 0) is 0 Å². The molecule has 4 heteroatoms. The highest BCUT2D eigenvalue weighted by Crippen LogP contribution is 2.40. The molecule has 0 saturated heterocycles. The van der Waals surface area contributed by atoms with E-state index in [4.69, 9.17) is 10.5 Å². The minimum absolute atomic E-state index is 0.303. The van der Waals surface area contributed by atoms with E-state index in [1.807, 2.05) is 36.2 Å². The van der Waals surface area contributed by atoms with Crippen molar-refractivity contribution in [3.05, 3.63) is 24.3 Å². The highest BCUT2D eigenvalue weighted by atomic mass is 16.5. The van der Waals surface area contributed by atoms with Gasteiger partial charge in [0.2, 0.25) is 0 Å². The van der Waals surface area contributed by atoms with Crippen molar-refractivity contribution in [3.63, 3.8) is 0 Å². The smallest absolute Gasteiger partial charge is 0.142 e. The summed E-state index contributed by atoms with van der Waals surface area (Å²) in [5.74, 6) is 1.16. The van der Waals surface area contributed by atoms with Crippen LogP contribution in [0.25, 0.3) is 0 Å². The normalized spacial score (nSPS) is 18.2. The number of likely N-dealkylation sites (N-methyl/N-ethyl adjacent to an activating group) is 1. The number of nitrogens with two attached hydrogens (primary N) is 1. The molecule has 100 valence electrons. The van der Waals surface area contributed by atoms with Gasteiger partial charge in [-0.3, -0.25) is 0 Å². The summed E-state index contributed by atoms with van der Waals surface area (Å²) >= 11 is 0. The summed E-state index contributed by atoms with van der Waals surface area (Å²) in [4.78, 5) is 2.02. The first-order valence-corrected chi connectivity index (χ1v) is 6.37. The summed E-state index contributed by atoms with van der Waals surface area (Å²) in [5, 5.41) is 10.5. The zero-order valence-electron chi connectivity index (χ0n) is 11.1. The third-order valence-electron chi connectivity index (χ3n) is 3.70. The molecule has 2 rings (SSSR count). The Balaban J connectivity index is 2.13. The highest BCUT2D eigenvalue weighted by Gasteiger charge is 2.43. The van der Waals surface area contributed by atoms with Crippen LogP contribution in [0, 0.1) is 5.92 Å². The summed E-state index contributed by atoms with van der Waals surface area (Å²) in [7, 11) is 3.61. The lowest BCUT2D eigenvalue weighted by Gasteiger charge is -2.33. The van der Waals surface area contributed by atoms with Crippen LogP contribution in [0.5, 0.6) is 5.75 Å². The van der Waals surface area contributed by atoms with E-state index in [9.17, 15) is 5.11 Å². The first-order valence-electron chi connectivity index (χ1n) is 6.37. The number of hydrogen-bond donors (Lipinski definition) is 2. The van der Waals surface area contributed by atoms with Crippen LogP contribution in [0.2, 0.25) is 0 Å². The van der Waals surface area contributed by atoms with E-state index in [0.717, 1.165) is 24.3 Å². The summed E-state index contributed by atoms with van der Waals surface area (Å²) in [6, 6.07) is 7.81. The molecule has 0 bridgehead atoms. The van der Waals surface area contributed by atoms with Gasteiger partial charge in [0.25, 0.3) is 0 Å². The van der Waals surface area contributed by atoms with Gasteiger partial charge in [0.1, 0.15) is 5.75 Å². The quantitative estimate of drug-likeness (QED) is 0.797. The first-order chi connectivity index (χ1) is 8.60. The fourth-order valence-electron chi connectivity index (χ4n) is 2.42. The predicted octanol–water partition coefficient (Wildman–Crippen LogP) is 1.23. The number of anilines is 1. The Morgan fingerprint density at radius 1 is 1.44 bits per heavy atom. The minimum Gasteiger partial charge on any atom is -0.495 e. The Labute approximate surface area is 108 Å². The Morgan fingerprint density at radius 3 is 2.67 bits per heavy atom. The molecule has 1 saturated carbocycles. The lowest BCUT2D eigenvalue weighted by Crippen LogP contribution is -2.49. The predicted molar refractivity (Wildman–Crippen MR) is 73.0 cm³/mol. The number of methoxy groups -OCH3 is 1. The molecule has 18 heavy (non-hydrogen) atoms. The molecule has 1 aromatic carbocycles. The van der Waals surface area contributed by atoms with Crippen molar-refractivity contribution >= 4 is 5.69 Å². The van der Waals surface area contributed by atoms with Gasteiger partial charge in [0.15, 0.2) is 0 Å². The van der Waals surface area contributed by atoms with Crippen molar-refractivity contribution in [1.29, 1.82) is 0 Å². The Kier molecular flexibility index (Phi) is 3.78. The van der Waals surface area contributed by atoms with Crippen molar-refractivity contribution in [1.82, 2.24) is 0 Å². The fourth-order valence-corrected chi connectivity index (χ4v) is 2.42. The number of para-hydroxylation sites is 2. The maximum Gasteiger partial charge on any atom is 0.142 e. The molecule has 1 unspecified atom stereocenters. The van der Waals surface area contributed by atoms with E-state index < -0.39 is 5.60 Å². The second-order valence-corrected chi connectivity index (χ2v) is 5.11. The molecule has 0 spiro atoms. The van der Waals surface area contributed by atoms with E-state index in [1.54, 1.807) is 7.11 Å². The van der Waals surface area contributed by atoms with Crippen molar-refractivity contribution in [2.45, 2.75) is 18.4 Å². The molecular formula is C14H22N2O2. The molecule has 0 aromatic heterocycles. The van der Waals surface area contributed by atoms with Crippen LogP contribution in [-0.4, -0.2) is 38.0 Å². The highest BCUT2D eigenvalue weighted by molar-refractivity contribution is 5.58. The number of ether oxygens (including phenoxy) is 1. The molecule has 0 heterocycles. The molecule has 0 aliphatic heterocycles. The van der Waals surface area contributed by atoms with E-state index in [-0.39, 0.29) is 0 Å². The van der Waals surface area contributed by atoms with Crippen LogP contribution < -0.4 is 15.4 Å². The maximum atomic E-state index is 10.5. The summed E-state index contributed by atoms with van der Waals surface area (Å²) < 4.78 is 5.34. The van der Waals surface area contributed by atoms with Crippen molar-refractivity contribution in [2.24, 2.45) is 11.7 Å².